The molecule has 1 aromatic heterocycles. The fraction of sp³-hybridized carbons (Fsp3) is 0.130. The van der Waals surface area contributed by atoms with Crippen molar-refractivity contribution in [1.29, 1.82) is 0 Å². The Labute approximate surface area is 176 Å². The molecule has 1 amide bonds. The molecule has 1 aliphatic rings. The van der Waals surface area contributed by atoms with Gasteiger partial charge in [0.1, 0.15) is 11.6 Å². The Kier molecular flexibility index (Phi) is 5.30. The zero-order valence-corrected chi connectivity index (χ0v) is 17.1. The van der Waals surface area contributed by atoms with Gasteiger partial charge in [-0.3, -0.25) is 9.59 Å². The molecule has 0 saturated carbocycles. The largest absolute Gasteiger partial charge is 0.358 e. The smallest absolute Gasteiger partial charge is 0.256 e. The molecule has 2 heterocycles. The van der Waals surface area contributed by atoms with Crippen LogP contribution in [-0.2, 0) is 10.5 Å². The van der Waals surface area contributed by atoms with Crippen LogP contribution < -0.4 is 5.32 Å². The van der Waals surface area contributed by atoms with Crippen LogP contribution in [0.15, 0.2) is 41.3 Å². The van der Waals surface area contributed by atoms with Gasteiger partial charge in [0.2, 0.25) is 0 Å². The number of H-pyrrole nitrogens is 1. The summed E-state index contributed by atoms with van der Waals surface area (Å²) in [6.45, 7) is 3.64. The number of aryl methyl sites for hydroxylation is 1. The van der Waals surface area contributed by atoms with E-state index in [0.717, 1.165) is 34.1 Å². The number of aromatic amines is 1. The molecular weight excluding hydrogens is 406 g/mol. The van der Waals surface area contributed by atoms with Gasteiger partial charge in [-0.2, -0.15) is 0 Å². The van der Waals surface area contributed by atoms with Gasteiger partial charge in [0, 0.05) is 44.9 Å². The molecule has 2 N–H and O–H groups in total. The van der Waals surface area contributed by atoms with Crippen LogP contribution >= 0.6 is 11.8 Å². The molecule has 3 aromatic rings. The molecule has 0 aliphatic carbocycles. The number of nitrogens with one attached hydrogen (secondary N) is 2. The standard InChI is InChI=1S/C23H18F2N2O2S/c1-12-19(10-28)13(2)26-22(12)9-18-17-8-16(5-6-21(17)27-23(18)29)30-11-14-3-4-15(24)7-20(14)25/h3-10,26H,11H2,1-2H3,(H,27,29)/b18-9-. The van der Waals surface area contributed by atoms with Gasteiger partial charge in [-0.05, 0) is 55.3 Å². The van der Waals surface area contributed by atoms with Crippen molar-refractivity contribution in [3.63, 3.8) is 0 Å². The van der Waals surface area contributed by atoms with E-state index in [2.05, 4.69) is 10.3 Å². The summed E-state index contributed by atoms with van der Waals surface area (Å²) in [6.07, 6.45) is 2.54. The molecule has 0 saturated heterocycles. The van der Waals surface area contributed by atoms with Gasteiger partial charge in [0.05, 0.1) is 5.57 Å². The van der Waals surface area contributed by atoms with Crippen molar-refractivity contribution in [2.75, 3.05) is 5.32 Å². The molecule has 0 fully saturated rings. The third-order valence-corrected chi connectivity index (χ3v) is 6.17. The van der Waals surface area contributed by atoms with Crippen molar-refractivity contribution in [2.24, 2.45) is 0 Å². The molecule has 4 rings (SSSR count). The molecule has 30 heavy (non-hydrogen) atoms. The number of hydrogen-bond acceptors (Lipinski definition) is 3. The summed E-state index contributed by atoms with van der Waals surface area (Å²) in [5.74, 6) is -1.07. The van der Waals surface area contributed by atoms with Crippen LogP contribution in [-0.4, -0.2) is 17.2 Å². The summed E-state index contributed by atoms with van der Waals surface area (Å²) in [5.41, 5.74) is 5.16. The number of benzene rings is 2. The number of carbonyl (C=O) groups excluding carboxylic acids is 2. The van der Waals surface area contributed by atoms with Crippen molar-refractivity contribution >= 4 is 41.3 Å². The summed E-state index contributed by atoms with van der Waals surface area (Å²) in [4.78, 5) is 27.8. The second-order valence-electron chi connectivity index (χ2n) is 7.06. The minimum Gasteiger partial charge on any atom is -0.358 e. The topological polar surface area (TPSA) is 62.0 Å². The molecule has 1 aliphatic heterocycles. The Bertz CT molecular complexity index is 1210. The number of carbonyl (C=O) groups is 2. The van der Waals surface area contributed by atoms with Crippen molar-refractivity contribution in [1.82, 2.24) is 4.98 Å². The van der Waals surface area contributed by atoms with E-state index in [-0.39, 0.29) is 5.91 Å². The maximum absolute atomic E-state index is 13.9. The maximum atomic E-state index is 13.9. The number of thioether (sulfide) groups is 1. The van der Waals surface area contributed by atoms with Gasteiger partial charge in [0.25, 0.3) is 5.91 Å². The van der Waals surface area contributed by atoms with Gasteiger partial charge >= 0.3 is 0 Å². The van der Waals surface area contributed by atoms with Crippen LogP contribution in [0.5, 0.6) is 0 Å². The van der Waals surface area contributed by atoms with Crippen molar-refractivity contribution in [2.45, 2.75) is 24.5 Å². The molecule has 0 atom stereocenters. The minimum absolute atomic E-state index is 0.226. The minimum atomic E-state index is -0.606. The first-order chi connectivity index (χ1) is 14.4. The number of aromatic nitrogens is 1. The number of fused-ring (bicyclic) bond motifs is 1. The van der Waals surface area contributed by atoms with E-state index in [9.17, 15) is 18.4 Å². The molecule has 0 bridgehead atoms. The first kappa shape index (κ1) is 20.1. The molecule has 0 spiro atoms. The lowest BCUT2D eigenvalue weighted by Gasteiger charge is -2.06. The average molecular weight is 424 g/mol. The third kappa shape index (κ3) is 3.68. The van der Waals surface area contributed by atoms with E-state index >= 15 is 0 Å². The number of hydrogen-bond donors (Lipinski definition) is 2. The second kappa shape index (κ2) is 7.91. The van der Waals surface area contributed by atoms with Crippen LogP contribution in [0.4, 0.5) is 14.5 Å². The Morgan fingerprint density at radius 2 is 1.90 bits per heavy atom. The quantitative estimate of drug-likeness (QED) is 0.323. The molecule has 0 radical (unpaired) electrons. The summed E-state index contributed by atoms with van der Waals surface area (Å²) in [6, 6.07) is 9.07. The van der Waals surface area contributed by atoms with Crippen molar-refractivity contribution in [3.8, 4) is 0 Å². The van der Waals surface area contributed by atoms with Gasteiger partial charge in [-0.1, -0.05) is 6.07 Å². The van der Waals surface area contributed by atoms with E-state index in [1.165, 1.54) is 23.9 Å². The number of aldehydes is 1. The lowest BCUT2D eigenvalue weighted by molar-refractivity contribution is -0.110. The molecule has 7 heteroatoms. The van der Waals surface area contributed by atoms with Gasteiger partial charge in [0.15, 0.2) is 6.29 Å². The third-order valence-electron chi connectivity index (χ3n) is 5.12. The van der Waals surface area contributed by atoms with Gasteiger partial charge in [-0.15, -0.1) is 11.8 Å². The predicted octanol–water partition coefficient (Wildman–Crippen LogP) is 5.51. The van der Waals surface area contributed by atoms with Crippen LogP contribution in [0.25, 0.3) is 11.6 Å². The van der Waals surface area contributed by atoms with Gasteiger partial charge < -0.3 is 10.3 Å². The number of rotatable bonds is 5. The zero-order valence-electron chi connectivity index (χ0n) is 16.3. The van der Waals surface area contributed by atoms with E-state index in [1.807, 2.05) is 26.0 Å². The van der Waals surface area contributed by atoms with Crippen LogP contribution in [0, 0.1) is 25.5 Å². The normalized spacial score (nSPS) is 14.1. The highest BCUT2D eigenvalue weighted by Gasteiger charge is 2.25. The SMILES string of the molecule is Cc1[nH]c(/C=C2\C(=O)Nc3ccc(SCc4ccc(F)cc4F)cc32)c(C)c1C=O. The van der Waals surface area contributed by atoms with E-state index < -0.39 is 11.6 Å². The van der Waals surface area contributed by atoms with E-state index in [0.29, 0.717) is 33.8 Å². The lowest BCUT2D eigenvalue weighted by Crippen LogP contribution is -2.03. The summed E-state index contributed by atoms with van der Waals surface area (Å²) in [7, 11) is 0. The number of amides is 1. The molecule has 4 nitrogen and oxygen atoms in total. The Morgan fingerprint density at radius 3 is 2.60 bits per heavy atom. The molecular formula is C23H18F2N2O2S. The molecule has 0 unspecified atom stereocenters. The summed E-state index contributed by atoms with van der Waals surface area (Å²) >= 11 is 1.40. The Hall–Kier alpha value is -3.19. The van der Waals surface area contributed by atoms with E-state index in [1.54, 1.807) is 12.1 Å². The monoisotopic (exact) mass is 424 g/mol. The molecule has 2 aromatic carbocycles. The predicted molar refractivity (Wildman–Crippen MR) is 115 cm³/mol. The highest BCUT2D eigenvalue weighted by molar-refractivity contribution is 7.98. The first-order valence-electron chi connectivity index (χ1n) is 9.26. The summed E-state index contributed by atoms with van der Waals surface area (Å²) < 4.78 is 27.0. The van der Waals surface area contributed by atoms with E-state index in [4.69, 9.17) is 0 Å². The van der Waals surface area contributed by atoms with Crippen molar-refractivity contribution in [3.05, 3.63) is 81.7 Å². The highest BCUT2D eigenvalue weighted by atomic mass is 32.2. The average Bonchev–Trinajstić information content (AvgIpc) is 3.16. The number of halogens is 2. The second-order valence-corrected chi connectivity index (χ2v) is 8.11. The fourth-order valence-corrected chi connectivity index (χ4v) is 4.38. The van der Waals surface area contributed by atoms with Crippen molar-refractivity contribution < 1.29 is 18.4 Å². The fourth-order valence-electron chi connectivity index (χ4n) is 3.45. The highest BCUT2D eigenvalue weighted by Crippen LogP contribution is 2.37. The van der Waals surface area contributed by atoms with Crippen LogP contribution in [0.2, 0.25) is 0 Å². The molecule has 152 valence electrons. The van der Waals surface area contributed by atoms with Crippen LogP contribution in [0.1, 0.15) is 38.4 Å². The maximum Gasteiger partial charge on any atom is 0.256 e. The zero-order chi connectivity index (χ0) is 21.4. The Morgan fingerprint density at radius 1 is 1.10 bits per heavy atom. The summed E-state index contributed by atoms with van der Waals surface area (Å²) in [5, 5.41) is 2.84. The van der Waals surface area contributed by atoms with Crippen LogP contribution in [0.3, 0.4) is 0 Å². The van der Waals surface area contributed by atoms with Gasteiger partial charge in [-0.25, -0.2) is 8.78 Å². The Balaban J connectivity index is 1.64. The lowest BCUT2D eigenvalue weighted by atomic mass is 10.0. The number of anilines is 1. The first-order valence-corrected chi connectivity index (χ1v) is 10.2.